The molecular formula is C20H22N4O4S. The number of anilines is 1. The predicted octanol–water partition coefficient (Wildman–Crippen LogP) is 1.92. The van der Waals surface area contributed by atoms with Crippen molar-refractivity contribution in [2.45, 2.75) is 17.7 Å². The van der Waals surface area contributed by atoms with Crippen LogP contribution < -0.4 is 19.1 Å². The highest BCUT2D eigenvalue weighted by atomic mass is 32.2. The molecule has 2 aliphatic rings. The van der Waals surface area contributed by atoms with Crippen LogP contribution in [0.5, 0.6) is 11.5 Å². The van der Waals surface area contributed by atoms with Gasteiger partial charge in [-0.25, -0.2) is 18.1 Å². The molecule has 0 spiro atoms. The quantitative estimate of drug-likeness (QED) is 0.797. The van der Waals surface area contributed by atoms with E-state index in [1.807, 2.05) is 0 Å². The number of hydrogen-bond acceptors (Lipinski definition) is 7. The molecule has 9 heteroatoms. The number of nitriles is 1. The molecule has 152 valence electrons. The highest BCUT2D eigenvalue weighted by Crippen LogP contribution is 2.32. The smallest absolute Gasteiger partial charge is 0.240 e. The lowest BCUT2D eigenvalue weighted by atomic mass is 9.97. The Morgan fingerprint density at radius 2 is 1.93 bits per heavy atom. The fourth-order valence-corrected chi connectivity index (χ4v) is 4.72. The number of rotatable bonds is 5. The Morgan fingerprint density at radius 1 is 1.17 bits per heavy atom. The van der Waals surface area contributed by atoms with Crippen LogP contribution in [0.1, 0.15) is 18.4 Å². The van der Waals surface area contributed by atoms with Crippen LogP contribution in [0.2, 0.25) is 0 Å². The van der Waals surface area contributed by atoms with E-state index < -0.39 is 10.0 Å². The summed E-state index contributed by atoms with van der Waals surface area (Å²) in [6, 6.07) is 10.3. The number of sulfonamides is 1. The number of hydrogen-bond donors (Lipinski definition) is 1. The van der Waals surface area contributed by atoms with Crippen molar-refractivity contribution in [3.05, 3.63) is 42.1 Å². The highest BCUT2D eigenvalue weighted by Gasteiger charge is 2.25. The third-order valence-corrected chi connectivity index (χ3v) is 6.63. The zero-order chi connectivity index (χ0) is 20.3. The number of aromatic nitrogens is 1. The molecule has 3 heterocycles. The minimum atomic E-state index is -3.62. The first kappa shape index (κ1) is 19.5. The van der Waals surface area contributed by atoms with E-state index in [1.54, 1.807) is 24.4 Å². The number of piperidine rings is 1. The maximum atomic E-state index is 12.7. The lowest BCUT2D eigenvalue weighted by Gasteiger charge is -2.33. The third-order valence-electron chi connectivity index (χ3n) is 5.21. The Morgan fingerprint density at radius 3 is 2.69 bits per heavy atom. The van der Waals surface area contributed by atoms with Crippen LogP contribution in [0.25, 0.3) is 0 Å². The average Bonchev–Trinajstić information content (AvgIpc) is 2.77. The van der Waals surface area contributed by atoms with Gasteiger partial charge in [-0.1, -0.05) is 0 Å². The standard InChI is InChI=1S/C20H22N4O4S/c21-13-16-2-1-7-22-20(16)24-8-5-15(6-9-24)14-23-29(25,26)17-3-4-18-19(12-17)28-11-10-27-18/h1-4,7,12,15,23H,5-6,8-11,14H2. The Hall–Kier alpha value is -2.83. The summed E-state index contributed by atoms with van der Waals surface area (Å²) in [5.41, 5.74) is 0.560. The number of nitrogens with one attached hydrogen (secondary N) is 1. The Bertz CT molecular complexity index is 1030. The number of ether oxygens (including phenoxy) is 2. The fraction of sp³-hybridized carbons (Fsp3) is 0.400. The van der Waals surface area contributed by atoms with Gasteiger partial charge in [-0.2, -0.15) is 5.26 Å². The Kier molecular flexibility index (Phi) is 5.56. The van der Waals surface area contributed by atoms with Crippen LogP contribution in [0.3, 0.4) is 0 Å². The van der Waals surface area contributed by atoms with E-state index in [0.29, 0.717) is 42.6 Å². The van der Waals surface area contributed by atoms with Gasteiger partial charge in [-0.3, -0.25) is 0 Å². The van der Waals surface area contributed by atoms with Gasteiger partial charge in [0.2, 0.25) is 10.0 Å². The summed E-state index contributed by atoms with van der Waals surface area (Å²) in [4.78, 5) is 6.59. The Balaban J connectivity index is 1.35. The second kappa shape index (κ2) is 8.27. The lowest BCUT2D eigenvalue weighted by Crippen LogP contribution is -2.39. The monoisotopic (exact) mass is 414 g/mol. The minimum absolute atomic E-state index is 0.173. The Labute approximate surface area is 170 Å². The summed E-state index contributed by atoms with van der Waals surface area (Å²) in [5, 5.41) is 9.25. The second-order valence-corrected chi connectivity index (χ2v) is 8.84. The van der Waals surface area contributed by atoms with E-state index in [9.17, 15) is 13.7 Å². The molecule has 1 aromatic heterocycles. The first-order chi connectivity index (χ1) is 14.1. The van der Waals surface area contributed by atoms with E-state index in [1.165, 1.54) is 12.1 Å². The molecule has 1 N–H and O–H groups in total. The lowest BCUT2D eigenvalue weighted by molar-refractivity contribution is 0.171. The maximum Gasteiger partial charge on any atom is 0.240 e. The van der Waals surface area contributed by atoms with E-state index in [4.69, 9.17) is 9.47 Å². The zero-order valence-electron chi connectivity index (χ0n) is 15.9. The van der Waals surface area contributed by atoms with Crippen LogP contribution in [0.4, 0.5) is 5.82 Å². The van der Waals surface area contributed by atoms with Gasteiger partial charge in [0, 0.05) is 31.9 Å². The van der Waals surface area contributed by atoms with Crippen LogP contribution in [0, 0.1) is 17.2 Å². The van der Waals surface area contributed by atoms with Crippen LogP contribution in [-0.4, -0.2) is 46.2 Å². The summed E-state index contributed by atoms with van der Waals surface area (Å²) >= 11 is 0. The van der Waals surface area contributed by atoms with E-state index in [0.717, 1.165) is 25.9 Å². The number of pyridine rings is 1. The maximum absolute atomic E-state index is 12.7. The summed E-state index contributed by atoms with van der Waals surface area (Å²) in [6.07, 6.45) is 3.33. The molecule has 29 heavy (non-hydrogen) atoms. The molecule has 1 saturated heterocycles. The van der Waals surface area contributed by atoms with Crippen LogP contribution >= 0.6 is 0 Å². The van der Waals surface area contributed by atoms with Crippen molar-refractivity contribution in [3.63, 3.8) is 0 Å². The second-order valence-electron chi connectivity index (χ2n) is 7.07. The largest absolute Gasteiger partial charge is 0.486 e. The van der Waals surface area contributed by atoms with Gasteiger partial charge in [0.05, 0.1) is 10.5 Å². The SMILES string of the molecule is N#Cc1cccnc1N1CCC(CNS(=O)(=O)c2ccc3c(c2)OCCO3)CC1. The van der Waals surface area contributed by atoms with Crippen molar-refractivity contribution in [3.8, 4) is 17.6 Å². The summed E-state index contributed by atoms with van der Waals surface area (Å²) in [5.74, 6) is 1.95. The van der Waals surface area contributed by atoms with Gasteiger partial charge in [0.1, 0.15) is 25.1 Å². The fourth-order valence-electron chi connectivity index (χ4n) is 3.59. The topological polar surface area (TPSA) is 105 Å². The zero-order valence-corrected chi connectivity index (χ0v) is 16.7. The van der Waals surface area contributed by atoms with Crippen molar-refractivity contribution >= 4 is 15.8 Å². The number of fused-ring (bicyclic) bond motifs is 1. The van der Waals surface area contributed by atoms with Crippen molar-refractivity contribution in [2.75, 3.05) is 37.7 Å². The molecule has 1 fully saturated rings. The summed E-state index contributed by atoms with van der Waals surface area (Å²) in [6.45, 7) is 2.72. The van der Waals surface area contributed by atoms with Gasteiger partial charge in [0.15, 0.2) is 11.5 Å². The molecule has 2 aliphatic heterocycles. The molecule has 0 amide bonds. The molecule has 0 aliphatic carbocycles. The molecule has 8 nitrogen and oxygen atoms in total. The molecule has 1 aromatic carbocycles. The molecule has 0 bridgehead atoms. The minimum Gasteiger partial charge on any atom is -0.486 e. The summed E-state index contributed by atoms with van der Waals surface area (Å²) in [7, 11) is -3.62. The molecular weight excluding hydrogens is 392 g/mol. The van der Waals surface area contributed by atoms with Gasteiger partial charge in [0.25, 0.3) is 0 Å². The highest BCUT2D eigenvalue weighted by molar-refractivity contribution is 7.89. The van der Waals surface area contributed by atoms with Gasteiger partial charge < -0.3 is 14.4 Å². The van der Waals surface area contributed by atoms with Gasteiger partial charge in [-0.15, -0.1) is 0 Å². The van der Waals surface area contributed by atoms with Crippen molar-refractivity contribution in [2.24, 2.45) is 5.92 Å². The average molecular weight is 414 g/mol. The predicted molar refractivity (Wildman–Crippen MR) is 107 cm³/mol. The van der Waals surface area contributed by atoms with Crippen LogP contribution in [-0.2, 0) is 10.0 Å². The first-order valence-electron chi connectivity index (χ1n) is 9.56. The normalized spacial score (nSPS) is 17.0. The molecule has 2 aromatic rings. The first-order valence-corrected chi connectivity index (χ1v) is 11.0. The van der Waals surface area contributed by atoms with Crippen LogP contribution in [0.15, 0.2) is 41.4 Å². The van der Waals surface area contributed by atoms with E-state index >= 15 is 0 Å². The van der Waals surface area contributed by atoms with Gasteiger partial charge >= 0.3 is 0 Å². The molecule has 4 rings (SSSR count). The molecule has 0 radical (unpaired) electrons. The number of nitrogens with zero attached hydrogens (tertiary/aromatic N) is 3. The van der Waals surface area contributed by atoms with Crippen molar-refractivity contribution in [1.82, 2.24) is 9.71 Å². The molecule has 0 saturated carbocycles. The van der Waals surface area contributed by atoms with Crippen molar-refractivity contribution in [1.29, 1.82) is 5.26 Å². The van der Waals surface area contributed by atoms with Gasteiger partial charge in [-0.05, 0) is 43.0 Å². The summed E-state index contributed by atoms with van der Waals surface area (Å²) < 4.78 is 39.0. The number of benzene rings is 1. The molecule has 0 atom stereocenters. The third kappa shape index (κ3) is 4.28. The van der Waals surface area contributed by atoms with Crippen molar-refractivity contribution < 1.29 is 17.9 Å². The van der Waals surface area contributed by atoms with E-state index in [2.05, 4.69) is 20.7 Å². The van der Waals surface area contributed by atoms with E-state index in [-0.39, 0.29) is 10.8 Å². The molecule has 0 unspecified atom stereocenters.